The van der Waals surface area contributed by atoms with E-state index in [0.717, 1.165) is 0 Å². The molecule has 0 radical (unpaired) electrons. The van der Waals surface area contributed by atoms with Crippen LogP contribution in [0.2, 0.25) is 0 Å². The first kappa shape index (κ1) is 53.1. The van der Waals surface area contributed by atoms with E-state index in [2.05, 4.69) is 9.47 Å². The maximum atomic E-state index is 14.2. The summed E-state index contributed by atoms with van der Waals surface area (Å²) in [5, 5.41) is 0. The molecule has 0 atom stereocenters. The van der Waals surface area contributed by atoms with Crippen molar-refractivity contribution in [3.63, 3.8) is 0 Å². The molecule has 1 heterocycles. The van der Waals surface area contributed by atoms with Gasteiger partial charge in [-0.3, -0.25) is 0 Å². The maximum Gasteiger partial charge on any atom is 0.460 e. The molecule has 0 aliphatic carbocycles. The van der Waals surface area contributed by atoms with Crippen molar-refractivity contribution in [3.8, 4) is 0 Å². The first-order valence-corrected chi connectivity index (χ1v) is 16.1. The summed E-state index contributed by atoms with van der Waals surface area (Å²) < 4.78 is 369. The molecule has 1 aliphatic heterocycles. The smallest absolute Gasteiger partial charge is 0.380 e. The second kappa shape index (κ2) is 16.6. The summed E-state index contributed by atoms with van der Waals surface area (Å²) in [7, 11) is 0. The average molecular weight is 1040 g/mol. The largest absolute Gasteiger partial charge is 0.460 e. The predicted molar refractivity (Wildman–Crippen MR) is 149 cm³/mol. The molecule has 1 aromatic carbocycles. The SMILES string of the molecule is FC(F)(F)C(F)(F)C(F)(F)C(F)(F)C(F)(F)C(F)(F)CCOCC1(COCCC(F)(F)C(F)(F)C(F)(F)C(F)(F)C(F)(F)C(F)(F)F)COC(c2ccc(I)cc2)OC1. The van der Waals surface area contributed by atoms with Crippen molar-refractivity contribution < 1.29 is 133 Å². The fraction of sp³-hybridized carbons (Fsp3) is 0.786. The van der Waals surface area contributed by atoms with Gasteiger partial charge in [0, 0.05) is 22.0 Å². The molecular formula is C28H21F26IO4. The van der Waals surface area contributed by atoms with Gasteiger partial charge in [0.2, 0.25) is 0 Å². The topological polar surface area (TPSA) is 36.9 Å². The van der Waals surface area contributed by atoms with Crippen molar-refractivity contribution >= 4 is 22.6 Å². The third kappa shape index (κ3) is 9.36. The van der Waals surface area contributed by atoms with Crippen LogP contribution < -0.4 is 0 Å². The van der Waals surface area contributed by atoms with Gasteiger partial charge in [0.05, 0.1) is 45.1 Å². The Morgan fingerprint density at radius 1 is 0.458 bits per heavy atom. The Bertz CT molecular complexity index is 1470. The highest BCUT2D eigenvalue weighted by Gasteiger charge is 2.92. The van der Waals surface area contributed by atoms with Gasteiger partial charge in [-0.1, -0.05) is 12.1 Å². The molecule has 0 saturated carbocycles. The second-order valence-corrected chi connectivity index (χ2v) is 13.9. The van der Waals surface area contributed by atoms with Gasteiger partial charge >= 0.3 is 71.6 Å². The number of rotatable bonds is 19. The normalized spacial score (nSPS) is 18.1. The molecule has 1 aliphatic rings. The summed E-state index contributed by atoms with van der Waals surface area (Å²) in [6.07, 6.45) is -22.6. The second-order valence-electron chi connectivity index (χ2n) is 12.6. The van der Waals surface area contributed by atoms with Gasteiger partial charge in [-0.2, -0.15) is 114 Å². The van der Waals surface area contributed by atoms with Crippen LogP contribution in [-0.2, 0) is 18.9 Å². The molecule has 0 bridgehead atoms. The van der Waals surface area contributed by atoms with E-state index in [0.29, 0.717) is 3.57 Å². The van der Waals surface area contributed by atoms with Gasteiger partial charge < -0.3 is 18.9 Å². The Morgan fingerprint density at radius 3 is 1.03 bits per heavy atom. The molecule has 1 aromatic rings. The van der Waals surface area contributed by atoms with Crippen molar-refractivity contribution in [1.29, 1.82) is 0 Å². The van der Waals surface area contributed by atoms with Crippen molar-refractivity contribution in [3.05, 3.63) is 33.4 Å². The predicted octanol–water partition coefficient (Wildman–Crippen LogP) is 11.6. The number of hydrogen-bond acceptors (Lipinski definition) is 4. The van der Waals surface area contributed by atoms with E-state index in [4.69, 9.17) is 9.47 Å². The number of ether oxygens (including phenoxy) is 4. The lowest BCUT2D eigenvalue weighted by molar-refractivity contribution is -0.440. The standard InChI is InChI=1S/C28H21F26IO4/c29-17(30,19(33,34)21(37,38)23(41,42)25(45,46)27(49,50)51)5-7-56-9-16(11-58-15(59-12-16)13-1-3-14(55)4-2-13)10-57-8-6-18(31,32)20(35,36)22(39,40)24(43,44)26(47,48)28(52,53)54/h1-4,15H,5-12H2. The molecule has 0 aromatic heterocycles. The number of alkyl halides is 26. The van der Waals surface area contributed by atoms with Crippen molar-refractivity contribution in [2.24, 2.45) is 5.41 Å². The molecule has 31 heteroatoms. The molecule has 346 valence electrons. The van der Waals surface area contributed by atoms with Crippen LogP contribution in [0.25, 0.3) is 0 Å². The quantitative estimate of drug-likeness (QED) is 0.0786. The molecular weight excluding hydrogens is 1020 g/mol. The van der Waals surface area contributed by atoms with E-state index in [-0.39, 0.29) is 5.56 Å². The van der Waals surface area contributed by atoms with Crippen molar-refractivity contribution in [1.82, 2.24) is 0 Å². The van der Waals surface area contributed by atoms with Gasteiger partial charge in [-0.15, -0.1) is 0 Å². The number of halogens is 27. The Labute approximate surface area is 324 Å². The lowest BCUT2D eigenvalue weighted by Crippen LogP contribution is -2.70. The average Bonchev–Trinajstić information content (AvgIpc) is 3.07. The lowest BCUT2D eigenvalue weighted by atomic mass is 9.90. The summed E-state index contributed by atoms with van der Waals surface area (Å²) in [6.45, 7) is -8.82. The van der Waals surface area contributed by atoms with Gasteiger partial charge in [0.15, 0.2) is 6.29 Å². The zero-order valence-electron chi connectivity index (χ0n) is 27.9. The van der Waals surface area contributed by atoms with Crippen LogP contribution in [0.15, 0.2) is 24.3 Å². The third-order valence-corrected chi connectivity index (χ3v) is 8.88. The Kier molecular flexibility index (Phi) is 14.9. The highest BCUT2D eigenvalue weighted by atomic mass is 127. The molecule has 2 rings (SSSR count). The molecule has 1 fully saturated rings. The minimum atomic E-state index is -8.22. The van der Waals surface area contributed by atoms with E-state index in [9.17, 15) is 114 Å². The van der Waals surface area contributed by atoms with E-state index in [1.807, 2.05) is 22.6 Å². The first-order valence-electron chi connectivity index (χ1n) is 15.0. The first-order chi connectivity index (χ1) is 26.0. The third-order valence-electron chi connectivity index (χ3n) is 8.16. The van der Waals surface area contributed by atoms with Crippen LogP contribution in [0.1, 0.15) is 24.7 Å². The fourth-order valence-corrected chi connectivity index (χ4v) is 4.87. The van der Waals surface area contributed by atoms with E-state index in [1.54, 1.807) is 0 Å². The number of hydrogen-bond donors (Lipinski definition) is 0. The van der Waals surface area contributed by atoms with Gasteiger partial charge in [0.25, 0.3) is 0 Å². The molecule has 0 amide bonds. The lowest BCUT2D eigenvalue weighted by Gasteiger charge is -2.41. The Hall–Kier alpha value is -2.03. The molecule has 0 N–H and O–H groups in total. The molecule has 4 nitrogen and oxygen atoms in total. The Balaban J connectivity index is 2.28. The summed E-state index contributed by atoms with van der Waals surface area (Å²) in [6, 6.07) is 5.61. The Morgan fingerprint density at radius 2 is 0.746 bits per heavy atom. The molecule has 59 heavy (non-hydrogen) atoms. The molecule has 0 spiro atoms. The monoisotopic (exact) mass is 1040 g/mol. The highest BCUT2D eigenvalue weighted by molar-refractivity contribution is 14.1. The minimum absolute atomic E-state index is 0.173. The van der Waals surface area contributed by atoms with Gasteiger partial charge in [-0.05, 0) is 34.7 Å². The zero-order valence-corrected chi connectivity index (χ0v) is 30.0. The van der Waals surface area contributed by atoms with Crippen molar-refractivity contribution in [2.45, 2.75) is 90.7 Å². The van der Waals surface area contributed by atoms with E-state index >= 15 is 0 Å². The van der Waals surface area contributed by atoms with Crippen molar-refractivity contribution in [2.75, 3.05) is 39.6 Å². The van der Waals surface area contributed by atoms with Crippen LogP contribution in [0.5, 0.6) is 0 Å². The summed E-state index contributed by atoms with van der Waals surface area (Å²) in [5.41, 5.74) is -2.07. The summed E-state index contributed by atoms with van der Waals surface area (Å²) in [4.78, 5) is 0. The maximum absolute atomic E-state index is 14.2. The molecule has 1 saturated heterocycles. The number of benzene rings is 1. The van der Waals surface area contributed by atoms with Gasteiger partial charge in [0.1, 0.15) is 0 Å². The van der Waals surface area contributed by atoms with E-state index < -0.39 is 136 Å². The molecule has 0 unspecified atom stereocenters. The highest BCUT2D eigenvalue weighted by Crippen LogP contribution is 2.62. The fourth-order valence-electron chi connectivity index (χ4n) is 4.51. The zero-order chi connectivity index (χ0) is 46.5. The minimum Gasteiger partial charge on any atom is -0.380 e. The van der Waals surface area contributed by atoms with Crippen LogP contribution in [0, 0.1) is 8.99 Å². The van der Waals surface area contributed by atoms with Gasteiger partial charge in [-0.25, -0.2) is 0 Å². The van der Waals surface area contributed by atoms with E-state index in [1.165, 1.54) is 24.3 Å². The summed E-state index contributed by atoms with van der Waals surface area (Å²) >= 11 is 1.83. The summed E-state index contributed by atoms with van der Waals surface area (Å²) in [5.74, 6) is -77.4. The van der Waals surface area contributed by atoms with Crippen LogP contribution >= 0.6 is 22.6 Å². The van der Waals surface area contributed by atoms with Crippen LogP contribution in [0.4, 0.5) is 114 Å². The van der Waals surface area contributed by atoms with Crippen LogP contribution in [-0.4, -0.2) is 111 Å². The van der Waals surface area contributed by atoms with Crippen LogP contribution in [0.3, 0.4) is 0 Å².